The molecule has 0 aliphatic rings. The molecule has 3 aromatic rings. The molecule has 0 aliphatic carbocycles. The summed E-state index contributed by atoms with van der Waals surface area (Å²) in [5.41, 5.74) is -2.73. The van der Waals surface area contributed by atoms with Gasteiger partial charge in [0.15, 0.2) is 5.65 Å². The maximum Gasteiger partial charge on any atom is 0.290 e. The van der Waals surface area contributed by atoms with Crippen LogP contribution in [0, 0.1) is 11.6 Å². The van der Waals surface area contributed by atoms with Gasteiger partial charge in [-0.2, -0.15) is 4.39 Å². The van der Waals surface area contributed by atoms with Crippen molar-refractivity contribution in [3.63, 3.8) is 0 Å². The number of hydrogen-bond acceptors (Lipinski definition) is 8. The monoisotopic (exact) mass is 471 g/mol. The van der Waals surface area contributed by atoms with Gasteiger partial charge in [0.1, 0.15) is 17.5 Å². The van der Waals surface area contributed by atoms with Crippen LogP contribution in [0.4, 0.5) is 20.2 Å². The minimum Gasteiger partial charge on any atom is -0.394 e. The number of aliphatic hydroxyl groups excluding tert-OH is 2. The SMILES string of the molecule is Cn1c(=O)c(F)c(Nc2ccc(CN[SH](=O)=O)cc2F)c2c(=O)n(CC(O)CO)cnc21. The zero-order valence-corrected chi connectivity index (χ0v) is 17.5. The first-order chi connectivity index (χ1) is 15.1. The van der Waals surface area contributed by atoms with E-state index in [-0.39, 0.29) is 35.4 Å². The molecule has 11 nitrogen and oxygen atoms in total. The molecular weight excluding hydrogens is 452 g/mol. The Morgan fingerprint density at radius 1 is 1.22 bits per heavy atom. The van der Waals surface area contributed by atoms with Crippen molar-refractivity contribution < 1.29 is 27.4 Å². The Bertz CT molecular complexity index is 1360. The van der Waals surface area contributed by atoms with Crippen molar-refractivity contribution >= 4 is 33.3 Å². The molecule has 4 N–H and O–H groups in total. The first-order valence-electron chi connectivity index (χ1n) is 9.14. The fraction of sp³-hybridized carbons (Fsp3) is 0.278. The fourth-order valence-electron chi connectivity index (χ4n) is 3.01. The van der Waals surface area contributed by atoms with Gasteiger partial charge in [-0.25, -0.2) is 22.5 Å². The zero-order valence-electron chi connectivity index (χ0n) is 16.6. The number of aromatic nitrogens is 3. The van der Waals surface area contributed by atoms with Crippen molar-refractivity contribution in [1.29, 1.82) is 0 Å². The third-order valence-electron chi connectivity index (χ3n) is 4.62. The van der Waals surface area contributed by atoms with Crippen molar-refractivity contribution in [3.8, 4) is 0 Å². The lowest BCUT2D eigenvalue weighted by Crippen LogP contribution is -2.32. The number of aliphatic hydroxyl groups is 2. The molecule has 0 radical (unpaired) electrons. The number of thiol groups is 1. The molecule has 1 unspecified atom stereocenters. The van der Waals surface area contributed by atoms with Crippen LogP contribution < -0.4 is 21.2 Å². The average Bonchev–Trinajstić information content (AvgIpc) is 2.76. The molecular formula is C18H19F2N5O6S. The molecule has 14 heteroatoms. The van der Waals surface area contributed by atoms with Gasteiger partial charge >= 0.3 is 0 Å². The Morgan fingerprint density at radius 2 is 1.94 bits per heavy atom. The highest BCUT2D eigenvalue weighted by atomic mass is 32.2. The lowest BCUT2D eigenvalue weighted by Gasteiger charge is -2.16. The highest BCUT2D eigenvalue weighted by Gasteiger charge is 2.21. The highest BCUT2D eigenvalue weighted by molar-refractivity contribution is 7.70. The Balaban J connectivity index is 2.14. The summed E-state index contributed by atoms with van der Waals surface area (Å²) in [5.74, 6) is -2.24. The third kappa shape index (κ3) is 4.67. The van der Waals surface area contributed by atoms with Crippen LogP contribution in [0.5, 0.6) is 0 Å². The van der Waals surface area contributed by atoms with Crippen LogP contribution in [0.1, 0.15) is 5.56 Å². The number of nitrogens with zero attached hydrogens (tertiary/aromatic N) is 3. The number of halogens is 2. The van der Waals surface area contributed by atoms with E-state index in [1.54, 1.807) is 0 Å². The first-order valence-corrected chi connectivity index (χ1v) is 10.3. The smallest absolute Gasteiger partial charge is 0.290 e. The van der Waals surface area contributed by atoms with Crippen LogP contribution in [0.3, 0.4) is 0 Å². The molecule has 1 atom stereocenters. The maximum absolute atomic E-state index is 14.9. The summed E-state index contributed by atoms with van der Waals surface area (Å²) < 4.78 is 54.5. The summed E-state index contributed by atoms with van der Waals surface area (Å²) in [6, 6.07) is 3.56. The van der Waals surface area contributed by atoms with E-state index in [1.165, 1.54) is 19.2 Å². The topological polar surface area (TPSA) is 156 Å². The summed E-state index contributed by atoms with van der Waals surface area (Å²) >= 11 is 0. The third-order valence-corrected chi connectivity index (χ3v) is 5.04. The van der Waals surface area contributed by atoms with E-state index in [0.717, 1.165) is 21.5 Å². The van der Waals surface area contributed by atoms with Crippen LogP contribution in [-0.4, -0.2) is 45.5 Å². The van der Waals surface area contributed by atoms with Gasteiger partial charge in [0.25, 0.3) is 11.1 Å². The number of benzene rings is 1. The lowest BCUT2D eigenvalue weighted by atomic mass is 10.1. The lowest BCUT2D eigenvalue weighted by molar-refractivity contribution is 0.0802. The van der Waals surface area contributed by atoms with Gasteiger partial charge in [-0.1, -0.05) is 6.07 Å². The Kier molecular flexibility index (Phi) is 6.98. The predicted molar refractivity (Wildman–Crippen MR) is 111 cm³/mol. The van der Waals surface area contributed by atoms with Crippen molar-refractivity contribution in [1.82, 2.24) is 18.8 Å². The second-order valence-electron chi connectivity index (χ2n) is 6.82. The van der Waals surface area contributed by atoms with Gasteiger partial charge in [0, 0.05) is 13.6 Å². The predicted octanol–water partition coefficient (Wildman–Crippen LogP) is -0.914. The molecule has 0 saturated carbocycles. The molecule has 0 bridgehead atoms. The molecule has 3 rings (SSSR count). The normalized spacial score (nSPS) is 12.4. The van der Waals surface area contributed by atoms with Crippen LogP contribution >= 0.6 is 0 Å². The summed E-state index contributed by atoms with van der Waals surface area (Å²) in [6.07, 6.45) is -0.253. The Labute approximate surface area is 180 Å². The molecule has 0 amide bonds. The molecule has 172 valence electrons. The van der Waals surface area contributed by atoms with Gasteiger partial charge in [-0.3, -0.25) is 18.7 Å². The number of fused-ring (bicyclic) bond motifs is 1. The van der Waals surface area contributed by atoms with E-state index in [1.807, 2.05) is 0 Å². The zero-order chi connectivity index (χ0) is 23.6. The van der Waals surface area contributed by atoms with E-state index in [9.17, 15) is 31.9 Å². The van der Waals surface area contributed by atoms with Crippen molar-refractivity contribution in [2.45, 2.75) is 19.2 Å². The van der Waals surface area contributed by atoms with Crippen molar-refractivity contribution in [2.24, 2.45) is 7.05 Å². The van der Waals surface area contributed by atoms with E-state index in [4.69, 9.17) is 5.11 Å². The number of pyridine rings is 1. The maximum atomic E-state index is 14.9. The van der Waals surface area contributed by atoms with Gasteiger partial charge < -0.3 is 15.5 Å². The average molecular weight is 471 g/mol. The number of hydrogen-bond donors (Lipinski definition) is 5. The Morgan fingerprint density at radius 3 is 2.56 bits per heavy atom. The highest BCUT2D eigenvalue weighted by Crippen LogP contribution is 2.26. The number of nitrogens with one attached hydrogen (secondary N) is 2. The van der Waals surface area contributed by atoms with Crippen LogP contribution in [0.2, 0.25) is 0 Å². The van der Waals surface area contributed by atoms with Gasteiger partial charge in [0.2, 0.25) is 16.7 Å². The molecule has 32 heavy (non-hydrogen) atoms. The van der Waals surface area contributed by atoms with E-state index >= 15 is 0 Å². The molecule has 0 spiro atoms. The number of rotatable bonds is 8. The van der Waals surface area contributed by atoms with Gasteiger partial charge in [-0.15, -0.1) is 0 Å². The fourth-order valence-corrected chi connectivity index (χ4v) is 3.32. The first kappa shape index (κ1) is 23.5. The molecule has 0 saturated heterocycles. The molecule has 2 aromatic heterocycles. The minimum atomic E-state index is -2.88. The number of aryl methyl sites for hydroxylation is 1. The van der Waals surface area contributed by atoms with Crippen molar-refractivity contribution in [2.75, 3.05) is 11.9 Å². The summed E-state index contributed by atoms with van der Waals surface area (Å²) in [7, 11) is -1.67. The van der Waals surface area contributed by atoms with Gasteiger partial charge in [-0.05, 0) is 17.7 Å². The van der Waals surface area contributed by atoms with E-state index in [2.05, 4.69) is 15.0 Å². The van der Waals surface area contributed by atoms with E-state index < -0.39 is 52.0 Å². The van der Waals surface area contributed by atoms with Crippen LogP contribution in [0.15, 0.2) is 34.1 Å². The second-order valence-corrected chi connectivity index (χ2v) is 7.65. The second kappa shape index (κ2) is 9.52. The van der Waals surface area contributed by atoms with E-state index in [0.29, 0.717) is 0 Å². The number of anilines is 2. The van der Waals surface area contributed by atoms with Crippen molar-refractivity contribution in [3.05, 3.63) is 62.4 Å². The molecule has 0 aliphatic heterocycles. The minimum absolute atomic E-state index is 0.166. The van der Waals surface area contributed by atoms with Crippen LogP contribution in [-0.2, 0) is 31.0 Å². The van der Waals surface area contributed by atoms with Crippen LogP contribution in [0.25, 0.3) is 11.0 Å². The summed E-state index contributed by atoms with van der Waals surface area (Å²) in [4.78, 5) is 29.2. The largest absolute Gasteiger partial charge is 0.394 e. The Hall–Kier alpha value is -3.20. The quantitative estimate of drug-likeness (QED) is 0.264. The molecule has 2 heterocycles. The molecule has 0 fully saturated rings. The summed E-state index contributed by atoms with van der Waals surface area (Å²) in [6.45, 7) is -1.15. The summed E-state index contributed by atoms with van der Waals surface area (Å²) in [5, 5.41) is 20.7. The van der Waals surface area contributed by atoms with Gasteiger partial charge in [0.05, 0.1) is 30.6 Å². The standard InChI is InChI=1S/C18H19F2N5O6S/c1-24-16-13(17(28)25(8-21-16)6-10(27)7-26)15(14(20)18(24)29)23-12-3-2-9(4-11(12)19)5-22-32(30)31/h2-4,8,10,23,26-27,32H,5-7H2,1H3,(H,22,30,31). The molecule has 1 aromatic carbocycles.